The van der Waals surface area contributed by atoms with E-state index in [1.54, 1.807) is 0 Å². The van der Waals surface area contributed by atoms with Crippen molar-refractivity contribution in [3.63, 3.8) is 0 Å². The molecule has 56 heavy (non-hydrogen) atoms. The van der Waals surface area contributed by atoms with Crippen LogP contribution in [0.1, 0.15) is 97.3 Å². The Balaban J connectivity index is 1.60. The number of carbonyl (C=O) groups excluding carboxylic acids is 1. The van der Waals surface area contributed by atoms with Gasteiger partial charge in [-0.2, -0.15) is 0 Å². The minimum Gasteiger partial charge on any atom is -0.394 e. The van der Waals surface area contributed by atoms with Crippen LogP contribution >= 0.6 is 0 Å². The van der Waals surface area contributed by atoms with Crippen molar-refractivity contribution >= 4 is 5.91 Å². The molecule has 0 bridgehead atoms. The van der Waals surface area contributed by atoms with Gasteiger partial charge in [-0.25, -0.2) is 0 Å². The molecule has 0 aliphatic carbocycles. The maximum Gasteiger partial charge on any atom is 0.220 e. The highest BCUT2D eigenvalue weighted by Crippen LogP contribution is 2.33. The Morgan fingerprint density at radius 2 is 1.02 bits per heavy atom. The quantitative estimate of drug-likeness (QED) is 0.0421. The van der Waals surface area contributed by atoms with Crippen molar-refractivity contribution in [3.8, 4) is 0 Å². The molecule has 12 N–H and O–H groups in total. The minimum atomic E-state index is -1.96. The highest BCUT2D eigenvalue weighted by Gasteiger charge is 2.53. The van der Waals surface area contributed by atoms with Gasteiger partial charge in [0.2, 0.25) is 5.91 Å². The second kappa shape index (κ2) is 25.4. The average molecular weight is 816 g/mol. The number of aliphatic hydroxyl groups is 11. The lowest BCUT2D eigenvalue weighted by molar-refractivity contribution is -0.379. The fourth-order valence-electron chi connectivity index (χ4n) is 7.13. The predicted molar refractivity (Wildman–Crippen MR) is 194 cm³/mol. The van der Waals surface area contributed by atoms with Gasteiger partial charge >= 0.3 is 0 Å². The molecule has 0 saturated carbocycles. The van der Waals surface area contributed by atoms with Crippen LogP contribution in [0.4, 0.5) is 0 Å². The lowest BCUT2D eigenvalue weighted by Gasteiger charge is -2.48. The molecule has 3 aliphatic heterocycles. The zero-order valence-corrected chi connectivity index (χ0v) is 32.6. The number of hydrogen-bond acceptors (Lipinski definition) is 18. The summed E-state index contributed by atoms with van der Waals surface area (Å²) in [6.07, 6.45) is -14.7. The monoisotopic (exact) mass is 815 g/mol. The van der Waals surface area contributed by atoms with Gasteiger partial charge in [-0.05, 0) is 12.8 Å². The molecule has 0 aromatic heterocycles. The third kappa shape index (κ3) is 13.9. The fraction of sp³-hybridized carbons (Fsp3) is 0.973. The number of hydrogen-bond donors (Lipinski definition) is 12. The maximum absolute atomic E-state index is 12.9. The second-order valence-electron chi connectivity index (χ2n) is 15.1. The first kappa shape index (κ1) is 49.2. The fourth-order valence-corrected chi connectivity index (χ4v) is 7.13. The van der Waals surface area contributed by atoms with E-state index in [1.807, 2.05) is 6.92 Å². The summed E-state index contributed by atoms with van der Waals surface area (Å²) in [6, 6.07) is -0.872. The Hall–Kier alpha value is -1.21. The van der Waals surface area contributed by atoms with E-state index in [0.29, 0.717) is 19.3 Å². The Kier molecular flexibility index (Phi) is 22.3. The van der Waals surface area contributed by atoms with E-state index in [1.165, 1.54) is 25.7 Å². The maximum atomic E-state index is 12.9. The van der Waals surface area contributed by atoms with Gasteiger partial charge in [0.1, 0.15) is 73.2 Å². The molecule has 0 aromatic rings. The van der Waals surface area contributed by atoms with Crippen molar-refractivity contribution in [2.24, 2.45) is 0 Å². The largest absolute Gasteiger partial charge is 0.394 e. The van der Waals surface area contributed by atoms with Crippen molar-refractivity contribution in [3.05, 3.63) is 0 Å². The highest BCUT2D eigenvalue weighted by molar-refractivity contribution is 5.76. The Labute approximate surface area is 328 Å². The standard InChI is InChI=1S/C37H69NO18/c1-3-5-7-8-9-10-11-13-15-25(43)38-20(21(42)14-12-6-4-2)19-51-35-31(49)28(46)33(23(17-40)53-35)56-37-32(50)29(47)34(24(18-41)54-37)55-36-30(48)27(45)26(44)22(16-39)52-36/h20-24,26-37,39-42,44-50H,3-19H2,1-2H3,(H,38,43). The molecule has 3 aliphatic rings. The summed E-state index contributed by atoms with van der Waals surface area (Å²) in [7, 11) is 0. The van der Waals surface area contributed by atoms with Gasteiger partial charge in [-0.15, -0.1) is 0 Å². The summed E-state index contributed by atoms with van der Waals surface area (Å²) in [4.78, 5) is 12.9. The number of nitrogens with one attached hydrogen (secondary N) is 1. The first-order valence-corrected chi connectivity index (χ1v) is 20.3. The van der Waals surface area contributed by atoms with Gasteiger partial charge in [0.15, 0.2) is 18.9 Å². The lowest BCUT2D eigenvalue weighted by atomic mass is 9.96. The third-order valence-corrected chi connectivity index (χ3v) is 10.7. The van der Waals surface area contributed by atoms with Crippen LogP contribution in [0.3, 0.4) is 0 Å². The molecular weight excluding hydrogens is 746 g/mol. The first-order valence-electron chi connectivity index (χ1n) is 20.3. The molecule has 0 spiro atoms. The summed E-state index contributed by atoms with van der Waals surface area (Å²) in [5.41, 5.74) is 0. The van der Waals surface area contributed by atoms with E-state index in [-0.39, 0.29) is 18.9 Å². The van der Waals surface area contributed by atoms with Crippen LogP contribution in [0.2, 0.25) is 0 Å². The van der Waals surface area contributed by atoms with Crippen LogP contribution in [0.15, 0.2) is 0 Å². The molecule has 19 nitrogen and oxygen atoms in total. The van der Waals surface area contributed by atoms with Crippen LogP contribution in [0.25, 0.3) is 0 Å². The third-order valence-electron chi connectivity index (χ3n) is 10.7. The second-order valence-corrected chi connectivity index (χ2v) is 15.1. The van der Waals surface area contributed by atoms with E-state index in [4.69, 9.17) is 28.4 Å². The Bertz CT molecular complexity index is 1070. The molecule has 330 valence electrons. The molecule has 3 fully saturated rings. The molecule has 0 radical (unpaired) electrons. The molecule has 17 unspecified atom stereocenters. The van der Waals surface area contributed by atoms with E-state index in [2.05, 4.69) is 12.2 Å². The van der Waals surface area contributed by atoms with Gasteiger partial charge in [-0.1, -0.05) is 78.1 Å². The minimum absolute atomic E-state index is 0.263. The topological polar surface area (TPSA) is 307 Å². The van der Waals surface area contributed by atoms with E-state index >= 15 is 0 Å². The van der Waals surface area contributed by atoms with Crippen molar-refractivity contribution in [2.45, 2.75) is 202 Å². The normalized spacial score (nSPS) is 37.6. The number of unbranched alkanes of at least 4 members (excludes halogenated alkanes) is 9. The van der Waals surface area contributed by atoms with Crippen molar-refractivity contribution in [1.82, 2.24) is 5.32 Å². The van der Waals surface area contributed by atoms with Crippen LogP contribution in [0.5, 0.6) is 0 Å². The van der Waals surface area contributed by atoms with Crippen LogP contribution in [0, 0.1) is 0 Å². The number of aliphatic hydroxyl groups excluding tert-OH is 11. The van der Waals surface area contributed by atoms with Crippen molar-refractivity contribution in [2.75, 3.05) is 26.4 Å². The van der Waals surface area contributed by atoms with Crippen molar-refractivity contribution in [1.29, 1.82) is 0 Å². The zero-order valence-electron chi connectivity index (χ0n) is 32.6. The molecule has 0 aromatic carbocycles. The summed E-state index contributed by atoms with van der Waals surface area (Å²) in [5.74, 6) is -0.263. The smallest absolute Gasteiger partial charge is 0.220 e. The van der Waals surface area contributed by atoms with Gasteiger partial charge in [0.25, 0.3) is 0 Å². The number of rotatable bonds is 25. The lowest BCUT2D eigenvalue weighted by Crippen LogP contribution is -2.66. The Morgan fingerprint density at radius 3 is 1.55 bits per heavy atom. The molecule has 3 heterocycles. The highest BCUT2D eigenvalue weighted by atomic mass is 16.8. The first-order chi connectivity index (χ1) is 26.8. The van der Waals surface area contributed by atoms with Gasteiger partial charge < -0.3 is 89.9 Å². The summed E-state index contributed by atoms with van der Waals surface area (Å²) in [6.45, 7) is 1.49. The average Bonchev–Trinajstić information content (AvgIpc) is 3.19. The summed E-state index contributed by atoms with van der Waals surface area (Å²) in [5, 5.41) is 118. The van der Waals surface area contributed by atoms with Gasteiger partial charge in [-0.3, -0.25) is 4.79 Å². The molecule has 1 amide bonds. The van der Waals surface area contributed by atoms with Crippen LogP contribution in [-0.2, 0) is 33.2 Å². The molecule has 17 atom stereocenters. The van der Waals surface area contributed by atoms with Crippen LogP contribution < -0.4 is 5.32 Å². The number of carbonyl (C=O) groups is 1. The van der Waals surface area contributed by atoms with Gasteiger partial charge in [0, 0.05) is 6.42 Å². The Morgan fingerprint density at radius 1 is 0.571 bits per heavy atom. The van der Waals surface area contributed by atoms with E-state index < -0.39 is 124 Å². The van der Waals surface area contributed by atoms with E-state index in [9.17, 15) is 61.0 Å². The molecular formula is C37H69NO18. The van der Waals surface area contributed by atoms with Crippen LogP contribution in [-0.4, -0.2) is 193 Å². The summed E-state index contributed by atoms with van der Waals surface area (Å²) >= 11 is 0. The van der Waals surface area contributed by atoms with Gasteiger partial charge in [0.05, 0.1) is 38.6 Å². The SMILES string of the molecule is CCCCCCCCCCC(=O)NC(COC1OC(CO)C(OC2OC(CO)C(OC3OC(CO)C(O)C(O)C3O)C(O)C2O)C(O)C1O)C(O)CCCCC. The van der Waals surface area contributed by atoms with Crippen molar-refractivity contribution < 1.29 is 89.4 Å². The molecule has 3 saturated heterocycles. The van der Waals surface area contributed by atoms with E-state index in [0.717, 1.165) is 32.1 Å². The number of amides is 1. The number of ether oxygens (including phenoxy) is 6. The summed E-state index contributed by atoms with van der Waals surface area (Å²) < 4.78 is 33.7. The zero-order chi connectivity index (χ0) is 41.4. The molecule has 3 rings (SSSR count). The predicted octanol–water partition coefficient (Wildman–Crippen LogP) is -2.59. The molecule has 19 heteroatoms.